The third-order valence-corrected chi connectivity index (χ3v) is 4.26. The van der Waals surface area contributed by atoms with Gasteiger partial charge in [0.2, 0.25) is 0 Å². The lowest BCUT2D eigenvalue weighted by molar-refractivity contribution is -0.117. The van der Waals surface area contributed by atoms with Crippen molar-refractivity contribution in [2.45, 2.75) is 6.92 Å². The Hall–Kier alpha value is -3.60. The zero-order valence-corrected chi connectivity index (χ0v) is 14.2. The molecule has 2 aromatic carbocycles. The highest BCUT2D eigenvalue weighted by Gasteiger charge is 2.34. The maximum Gasteiger partial charge on any atom is 0.282 e. The summed E-state index contributed by atoms with van der Waals surface area (Å²) in [4.78, 5) is 25.1. The van der Waals surface area contributed by atoms with Crippen molar-refractivity contribution < 1.29 is 9.59 Å². The van der Waals surface area contributed by atoms with E-state index in [1.165, 1.54) is 5.01 Å². The van der Waals surface area contributed by atoms with E-state index in [1.807, 2.05) is 66.2 Å². The third-order valence-electron chi connectivity index (χ3n) is 4.26. The number of anilines is 1. The average Bonchev–Trinajstić information content (AvgIpc) is 3.22. The lowest BCUT2D eigenvalue weighted by Gasteiger charge is -2.13. The van der Waals surface area contributed by atoms with Gasteiger partial charge in [-0.05, 0) is 55.0 Å². The first kappa shape index (κ1) is 15.9. The Bertz CT molecular complexity index is 1020. The Morgan fingerprint density at radius 1 is 0.885 bits per heavy atom. The Labute approximate surface area is 151 Å². The van der Waals surface area contributed by atoms with Crippen LogP contribution in [0.2, 0.25) is 0 Å². The zero-order valence-electron chi connectivity index (χ0n) is 14.2. The van der Waals surface area contributed by atoms with Crippen molar-refractivity contribution >= 4 is 23.6 Å². The predicted molar refractivity (Wildman–Crippen MR) is 101 cm³/mol. The van der Waals surface area contributed by atoms with Crippen molar-refractivity contribution in [2.24, 2.45) is 0 Å². The Morgan fingerprint density at radius 2 is 1.65 bits per heavy atom. The number of carbonyl (C=O) groups excluding carboxylic acids is 2. The molecule has 4 rings (SSSR count). The van der Waals surface area contributed by atoms with Crippen molar-refractivity contribution in [3.05, 3.63) is 89.8 Å². The number of nitrogens with zero attached hydrogens (tertiary/aromatic N) is 2. The Kier molecular flexibility index (Phi) is 3.89. The van der Waals surface area contributed by atoms with Crippen molar-refractivity contribution in [1.82, 2.24) is 9.99 Å². The Balaban J connectivity index is 1.71. The zero-order chi connectivity index (χ0) is 18.1. The fraction of sp³-hybridized carbons (Fsp3) is 0.0476. The van der Waals surface area contributed by atoms with Crippen LogP contribution in [0.25, 0.3) is 11.8 Å². The van der Waals surface area contributed by atoms with Crippen molar-refractivity contribution in [1.29, 1.82) is 0 Å². The molecule has 0 bridgehead atoms. The molecule has 1 saturated heterocycles. The molecule has 26 heavy (non-hydrogen) atoms. The first-order valence-electron chi connectivity index (χ1n) is 8.30. The number of para-hydroxylation sites is 1. The van der Waals surface area contributed by atoms with E-state index < -0.39 is 5.91 Å². The first-order valence-corrected chi connectivity index (χ1v) is 8.30. The van der Waals surface area contributed by atoms with E-state index in [0.29, 0.717) is 5.69 Å². The lowest BCUT2D eigenvalue weighted by atomic mass is 10.2. The number of rotatable bonds is 3. The molecular formula is C21H17N3O2. The second-order valence-corrected chi connectivity index (χ2v) is 6.12. The van der Waals surface area contributed by atoms with Crippen LogP contribution in [0.3, 0.4) is 0 Å². The fourth-order valence-electron chi connectivity index (χ4n) is 2.99. The standard InChI is InChI=1S/C21H17N3O2/c1-15-7-5-10-17(13-15)23-12-6-11-18(23)14-19-20(25)22-24(21(19)26)16-8-3-2-4-9-16/h2-14H,1H3,(H,22,25). The maximum atomic E-state index is 12.7. The van der Waals surface area contributed by atoms with Crippen LogP contribution in [0.4, 0.5) is 5.69 Å². The normalized spacial score (nSPS) is 15.6. The summed E-state index contributed by atoms with van der Waals surface area (Å²) in [5, 5.41) is 1.27. The number of aryl methyl sites for hydroxylation is 1. The van der Waals surface area contributed by atoms with E-state index in [-0.39, 0.29) is 11.5 Å². The molecule has 2 heterocycles. The molecule has 0 atom stereocenters. The van der Waals surface area contributed by atoms with Crippen LogP contribution in [0, 0.1) is 6.92 Å². The average molecular weight is 343 g/mol. The highest BCUT2D eigenvalue weighted by molar-refractivity contribution is 6.31. The van der Waals surface area contributed by atoms with Crippen LogP contribution in [0.1, 0.15) is 11.3 Å². The number of nitrogens with one attached hydrogen (secondary N) is 1. The van der Waals surface area contributed by atoms with Crippen molar-refractivity contribution in [3.63, 3.8) is 0 Å². The van der Waals surface area contributed by atoms with E-state index in [1.54, 1.807) is 18.2 Å². The van der Waals surface area contributed by atoms with E-state index in [4.69, 9.17) is 0 Å². The number of hydrazine groups is 1. The van der Waals surface area contributed by atoms with Crippen LogP contribution in [0.5, 0.6) is 0 Å². The second kappa shape index (κ2) is 6.37. The van der Waals surface area contributed by atoms with Crippen molar-refractivity contribution in [3.8, 4) is 5.69 Å². The Morgan fingerprint density at radius 3 is 2.42 bits per heavy atom. The van der Waals surface area contributed by atoms with E-state index >= 15 is 0 Å². The molecule has 128 valence electrons. The van der Waals surface area contributed by atoms with Gasteiger partial charge >= 0.3 is 0 Å². The van der Waals surface area contributed by atoms with Gasteiger partial charge in [-0.3, -0.25) is 15.0 Å². The SMILES string of the molecule is Cc1cccc(-n2cccc2C=C2C(=O)NN(c3ccccc3)C2=O)c1. The molecule has 3 aromatic rings. The topological polar surface area (TPSA) is 54.3 Å². The number of hydrogen-bond donors (Lipinski definition) is 1. The van der Waals surface area contributed by atoms with Gasteiger partial charge in [0.05, 0.1) is 5.69 Å². The molecule has 5 heteroatoms. The van der Waals surface area contributed by atoms with Crippen molar-refractivity contribution in [2.75, 3.05) is 5.01 Å². The quantitative estimate of drug-likeness (QED) is 0.586. The highest BCUT2D eigenvalue weighted by atomic mass is 16.2. The van der Waals surface area contributed by atoms with Gasteiger partial charge in [0.15, 0.2) is 0 Å². The number of benzene rings is 2. The summed E-state index contributed by atoms with van der Waals surface area (Å²) < 4.78 is 1.95. The second-order valence-electron chi connectivity index (χ2n) is 6.12. The largest absolute Gasteiger partial charge is 0.317 e. The molecule has 0 saturated carbocycles. The summed E-state index contributed by atoms with van der Waals surface area (Å²) in [6.45, 7) is 2.02. The highest BCUT2D eigenvalue weighted by Crippen LogP contribution is 2.22. The predicted octanol–water partition coefficient (Wildman–Crippen LogP) is 3.25. The summed E-state index contributed by atoms with van der Waals surface area (Å²) in [6, 6.07) is 20.9. The molecule has 1 fully saturated rings. The number of hydrogen-bond acceptors (Lipinski definition) is 2. The van der Waals surface area contributed by atoms with Gasteiger partial charge in [-0.1, -0.05) is 30.3 Å². The van der Waals surface area contributed by atoms with Gasteiger partial charge in [-0.15, -0.1) is 0 Å². The molecule has 0 spiro atoms. The molecule has 0 aliphatic carbocycles. The summed E-state index contributed by atoms with van der Waals surface area (Å²) in [5.74, 6) is -0.769. The monoisotopic (exact) mass is 343 g/mol. The van der Waals surface area contributed by atoms with Crippen LogP contribution in [-0.2, 0) is 9.59 Å². The molecule has 0 unspecified atom stereocenters. The molecule has 1 aliphatic heterocycles. The minimum absolute atomic E-state index is 0.112. The molecular weight excluding hydrogens is 326 g/mol. The number of amides is 2. The van der Waals surface area contributed by atoms with Crippen LogP contribution < -0.4 is 10.4 Å². The molecule has 1 N–H and O–H groups in total. The molecule has 1 aliphatic rings. The van der Waals surface area contributed by atoms with E-state index in [9.17, 15) is 9.59 Å². The minimum Gasteiger partial charge on any atom is -0.317 e. The van der Waals surface area contributed by atoms with Gasteiger partial charge < -0.3 is 4.57 Å². The summed E-state index contributed by atoms with van der Waals surface area (Å²) in [6.07, 6.45) is 3.54. The lowest BCUT2D eigenvalue weighted by Crippen LogP contribution is -2.35. The summed E-state index contributed by atoms with van der Waals surface area (Å²) >= 11 is 0. The maximum absolute atomic E-state index is 12.7. The van der Waals surface area contributed by atoms with Gasteiger partial charge in [0.1, 0.15) is 5.57 Å². The smallest absolute Gasteiger partial charge is 0.282 e. The fourth-order valence-corrected chi connectivity index (χ4v) is 2.99. The first-order chi connectivity index (χ1) is 12.6. The summed E-state index contributed by atoms with van der Waals surface area (Å²) in [7, 11) is 0. The third kappa shape index (κ3) is 2.80. The minimum atomic E-state index is -0.407. The number of carbonyl (C=O) groups is 2. The molecule has 2 amide bonds. The van der Waals surface area contributed by atoms with Crippen LogP contribution in [-0.4, -0.2) is 16.4 Å². The molecule has 1 aromatic heterocycles. The summed E-state index contributed by atoms with van der Waals surface area (Å²) in [5.41, 5.74) is 6.24. The number of aromatic nitrogens is 1. The molecule has 0 radical (unpaired) electrons. The van der Waals surface area contributed by atoms with Crippen LogP contribution >= 0.6 is 0 Å². The van der Waals surface area contributed by atoms with Gasteiger partial charge in [-0.2, -0.15) is 0 Å². The van der Waals surface area contributed by atoms with E-state index in [2.05, 4.69) is 11.5 Å². The van der Waals surface area contributed by atoms with Gasteiger partial charge in [-0.25, -0.2) is 5.01 Å². The van der Waals surface area contributed by atoms with E-state index in [0.717, 1.165) is 16.9 Å². The van der Waals surface area contributed by atoms with Crippen LogP contribution in [0.15, 0.2) is 78.5 Å². The van der Waals surface area contributed by atoms with Gasteiger partial charge in [0.25, 0.3) is 11.8 Å². The van der Waals surface area contributed by atoms with Gasteiger partial charge in [0, 0.05) is 17.6 Å². The molecule has 5 nitrogen and oxygen atoms in total.